The van der Waals surface area contributed by atoms with E-state index in [1.165, 1.54) is 12.8 Å². The van der Waals surface area contributed by atoms with E-state index < -0.39 is 0 Å². The fourth-order valence-electron chi connectivity index (χ4n) is 2.35. The van der Waals surface area contributed by atoms with E-state index in [1.807, 2.05) is 16.8 Å². The van der Waals surface area contributed by atoms with Gasteiger partial charge in [-0.3, -0.25) is 4.90 Å². The van der Waals surface area contributed by atoms with Gasteiger partial charge >= 0.3 is 0 Å². The highest BCUT2D eigenvalue weighted by atomic mass is 15.5. The number of hydrogen-bond donors (Lipinski definition) is 0. The average Bonchev–Trinajstić information content (AvgIpc) is 2.74. The molecule has 0 bridgehead atoms. The molecule has 1 fully saturated rings. The van der Waals surface area contributed by atoms with Crippen molar-refractivity contribution in [1.29, 1.82) is 0 Å². The first-order valence-corrected chi connectivity index (χ1v) is 5.72. The summed E-state index contributed by atoms with van der Waals surface area (Å²) in [7, 11) is 2.14. The summed E-state index contributed by atoms with van der Waals surface area (Å²) in [6.45, 7) is 1.12. The lowest BCUT2D eigenvalue weighted by Gasteiger charge is -2.31. The molecule has 5 heteroatoms. The van der Waals surface area contributed by atoms with Crippen LogP contribution in [0.3, 0.4) is 0 Å². The smallest absolute Gasteiger partial charge is 0.180 e. The van der Waals surface area contributed by atoms with Crippen molar-refractivity contribution in [1.82, 2.24) is 24.9 Å². The first-order valence-electron chi connectivity index (χ1n) is 5.72. The Hall–Kier alpha value is -1.49. The maximum Gasteiger partial charge on any atom is 0.180 e. The first kappa shape index (κ1) is 9.72. The van der Waals surface area contributed by atoms with Gasteiger partial charge in [-0.2, -0.15) is 0 Å². The molecule has 0 radical (unpaired) electrons. The molecular formula is C11H15N5. The lowest BCUT2D eigenvalue weighted by atomic mass is 10.1. The zero-order chi connectivity index (χ0) is 11.0. The van der Waals surface area contributed by atoms with E-state index in [-0.39, 0.29) is 0 Å². The summed E-state index contributed by atoms with van der Waals surface area (Å²) in [5.74, 6) is 0. The van der Waals surface area contributed by atoms with Gasteiger partial charge in [0.25, 0.3) is 0 Å². The van der Waals surface area contributed by atoms with Crippen LogP contribution in [0.2, 0.25) is 0 Å². The van der Waals surface area contributed by atoms with E-state index in [0.717, 1.165) is 24.1 Å². The molecule has 1 aliphatic rings. The van der Waals surface area contributed by atoms with Crippen LogP contribution in [0.4, 0.5) is 0 Å². The number of nitrogens with zero attached hydrogens (tertiary/aromatic N) is 5. The number of pyridine rings is 1. The molecule has 1 saturated heterocycles. The highest BCUT2D eigenvalue weighted by molar-refractivity contribution is 5.68. The molecule has 2 aromatic rings. The predicted octanol–water partition coefficient (Wildman–Crippen LogP) is 1.44. The maximum atomic E-state index is 4.36. The minimum Gasteiger partial charge on any atom is -0.285 e. The molecule has 1 atom stereocenters. The van der Waals surface area contributed by atoms with Crippen LogP contribution >= 0.6 is 0 Å². The molecule has 0 N–H and O–H groups in total. The van der Waals surface area contributed by atoms with E-state index in [4.69, 9.17) is 0 Å². The summed E-state index contributed by atoms with van der Waals surface area (Å²) in [6.07, 6.45) is 5.76. The van der Waals surface area contributed by atoms with E-state index in [2.05, 4.69) is 27.2 Å². The van der Waals surface area contributed by atoms with Crippen molar-refractivity contribution < 1.29 is 0 Å². The number of rotatable bonds is 1. The molecule has 1 unspecified atom stereocenters. The number of hydrogen-bond acceptors (Lipinski definition) is 4. The molecule has 0 saturated carbocycles. The second kappa shape index (κ2) is 3.83. The quantitative estimate of drug-likeness (QED) is 0.725. The second-order valence-electron chi connectivity index (χ2n) is 4.34. The third kappa shape index (κ3) is 1.48. The zero-order valence-electron chi connectivity index (χ0n) is 9.37. The molecular weight excluding hydrogens is 202 g/mol. The van der Waals surface area contributed by atoms with E-state index in [9.17, 15) is 0 Å². The third-order valence-electron chi connectivity index (χ3n) is 3.25. The normalized spacial score (nSPS) is 22.7. The van der Waals surface area contributed by atoms with Gasteiger partial charge in [0.15, 0.2) is 5.65 Å². The summed E-state index contributed by atoms with van der Waals surface area (Å²) < 4.78 is 1.95. The molecule has 5 nitrogen and oxygen atoms in total. The fourth-order valence-corrected chi connectivity index (χ4v) is 2.35. The van der Waals surface area contributed by atoms with Crippen LogP contribution in [0.1, 0.15) is 25.4 Å². The molecule has 3 heterocycles. The van der Waals surface area contributed by atoms with Gasteiger partial charge in [0.2, 0.25) is 0 Å². The van der Waals surface area contributed by atoms with E-state index in [0.29, 0.717) is 6.17 Å². The van der Waals surface area contributed by atoms with Crippen LogP contribution < -0.4 is 0 Å². The lowest BCUT2D eigenvalue weighted by molar-refractivity contribution is 0.117. The largest absolute Gasteiger partial charge is 0.285 e. The predicted molar refractivity (Wildman–Crippen MR) is 60.8 cm³/mol. The minimum absolute atomic E-state index is 0.314. The van der Waals surface area contributed by atoms with Gasteiger partial charge in [0.05, 0.1) is 0 Å². The summed E-state index contributed by atoms with van der Waals surface area (Å²) in [4.78, 5) is 6.69. The van der Waals surface area contributed by atoms with Crippen molar-refractivity contribution in [2.24, 2.45) is 0 Å². The van der Waals surface area contributed by atoms with Gasteiger partial charge in [0.1, 0.15) is 11.7 Å². The van der Waals surface area contributed by atoms with Crippen molar-refractivity contribution >= 4 is 11.2 Å². The standard InChI is InChI=1S/C11H15N5/c1-15-8-3-2-6-10(15)16-11-9(13-14-16)5-4-7-12-11/h4-5,7,10H,2-3,6,8H2,1H3. The molecule has 0 spiro atoms. The average molecular weight is 217 g/mol. The summed E-state index contributed by atoms with van der Waals surface area (Å²) in [5, 5.41) is 8.38. The van der Waals surface area contributed by atoms with Crippen molar-refractivity contribution in [2.45, 2.75) is 25.4 Å². The molecule has 3 rings (SSSR count). The lowest BCUT2D eigenvalue weighted by Crippen LogP contribution is -2.34. The molecule has 0 aliphatic carbocycles. The highest BCUT2D eigenvalue weighted by Crippen LogP contribution is 2.25. The zero-order valence-corrected chi connectivity index (χ0v) is 9.37. The van der Waals surface area contributed by atoms with Crippen LogP contribution in [-0.4, -0.2) is 38.5 Å². The Labute approximate surface area is 94.1 Å². The van der Waals surface area contributed by atoms with E-state index >= 15 is 0 Å². The summed E-state index contributed by atoms with van der Waals surface area (Å²) in [6, 6.07) is 3.85. The molecule has 84 valence electrons. The van der Waals surface area contributed by atoms with Gasteiger partial charge in [-0.1, -0.05) is 5.21 Å². The Bertz CT molecular complexity index is 492. The Kier molecular flexibility index (Phi) is 2.32. The van der Waals surface area contributed by atoms with Crippen LogP contribution in [0.15, 0.2) is 18.3 Å². The van der Waals surface area contributed by atoms with Crippen LogP contribution in [0, 0.1) is 0 Å². The van der Waals surface area contributed by atoms with Crippen LogP contribution in [0.5, 0.6) is 0 Å². The number of aromatic nitrogens is 4. The van der Waals surface area contributed by atoms with Crippen molar-refractivity contribution in [2.75, 3.05) is 13.6 Å². The number of likely N-dealkylation sites (tertiary alicyclic amines) is 1. The van der Waals surface area contributed by atoms with Gasteiger partial charge in [-0.05, 0) is 45.0 Å². The molecule has 0 aromatic carbocycles. The minimum atomic E-state index is 0.314. The third-order valence-corrected chi connectivity index (χ3v) is 3.25. The topological polar surface area (TPSA) is 46.8 Å². The molecule has 2 aromatic heterocycles. The SMILES string of the molecule is CN1CCCCC1n1nnc2cccnc21. The summed E-state index contributed by atoms with van der Waals surface area (Å²) >= 11 is 0. The molecule has 0 amide bonds. The maximum absolute atomic E-state index is 4.36. The Morgan fingerprint density at radius 1 is 1.38 bits per heavy atom. The van der Waals surface area contributed by atoms with Gasteiger partial charge < -0.3 is 0 Å². The highest BCUT2D eigenvalue weighted by Gasteiger charge is 2.23. The van der Waals surface area contributed by atoms with Crippen LogP contribution in [-0.2, 0) is 0 Å². The van der Waals surface area contributed by atoms with Gasteiger partial charge in [0, 0.05) is 6.20 Å². The Morgan fingerprint density at radius 2 is 2.31 bits per heavy atom. The van der Waals surface area contributed by atoms with Gasteiger partial charge in [-0.15, -0.1) is 5.10 Å². The number of piperidine rings is 1. The van der Waals surface area contributed by atoms with Crippen molar-refractivity contribution in [3.63, 3.8) is 0 Å². The van der Waals surface area contributed by atoms with E-state index in [1.54, 1.807) is 6.20 Å². The fraction of sp³-hybridized carbons (Fsp3) is 0.545. The van der Waals surface area contributed by atoms with Crippen LogP contribution in [0.25, 0.3) is 11.2 Å². The Balaban J connectivity index is 2.04. The second-order valence-corrected chi connectivity index (χ2v) is 4.34. The van der Waals surface area contributed by atoms with Crippen molar-refractivity contribution in [3.05, 3.63) is 18.3 Å². The number of fused-ring (bicyclic) bond motifs is 1. The molecule has 1 aliphatic heterocycles. The molecule has 16 heavy (non-hydrogen) atoms. The van der Waals surface area contributed by atoms with Crippen molar-refractivity contribution in [3.8, 4) is 0 Å². The first-order chi connectivity index (χ1) is 7.86. The monoisotopic (exact) mass is 217 g/mol. The van der Waals surface area contributed by atoms with Gasteiger partial charge in [-0.25, -0.2) is 9.67 Å². The Morgan fingerprint density at radius 3 is 3.19 bits per heavy atom. The summed E-state index contributed by atoms with van der Waals surface area (Å²) in [5.41, 5.74) is 1.77.